The fourth-order valence-corrected chi connectivity index (χ4v) is 2.60. The molecular formula is C15H14N4S. The molecule has 0 aliphatic rings. The molecule has 0 saturated carbocycles. The Morgan fingerprint density at radius 3 is 2.45 bits per heavy atom. The molecule has 0 bridgehead atoms. The van der Waals surface area contributed by atoms with Crippen LogP contribution in [0, 0.1) is 6.92 Å². The zero-order valence-electron chi connectivity index (χ0n) is 11.1. The van der Waals surface area contributed by atoms with E-state index >= 15 is 0 Å². The van der Waals surface area contributed by atoms with Crippen molar-refractivity contribution in [2.24, 2.45) is 5.73 Å². The monoisotopic (exact) mass is 282 g/mol. The average Bonchev–Trinajstić information content (AvgIpc) is 2.98. The fraction of sp³-hybridized carbons (Fsp3) is 0.133. The standard InChI is InChI=1S/C15H14N4S/c1-10-7-17-14(18-8-10)15-19-13(9-20-15)12-4-2-11(6-16)3-5-12/h2-5,7-9H,6,16H2,1H3. The van der Waals surface area contributed by atoms with Crippen molar-refractivity contribution in [3.05, 3.63) is 53.2 Å². The molecule has 0 spiro atoms. The van der Waals surface area contributed by atoms with Crippen molar-refractivity contribution in [1.29, 1.82) is 0 Å². The molecule has 5 heteroatoms. The number of nitrogens with zero attached hydrogens (tertiary/aromatic N) is 3. The predicted molar refractivity (Wildman–Crippen MR) is 81.2 cm³/mol. The van der Waals surface area contributed by atoms with Crippen LogP contribution in [0.5, 0.6) is 0 Å². The Kier molecular flexibility index (Phi) is 3.54. The maximum Gasteiger partial charge on any atom is 0.188 e. The second-order valence-corrected chi connectivity index (χ2v) is 5.38. The van der Waals surface area contributed by atoms with Crippen LogP contribution < -0.4 is 5.73 Å². The number of hydrogen-bond acceptors (Lipinski definition) is 5. The van der Waals surface area contributed by atoms with Crippen molar-refractivity contribution >= 4 is 11.3 Å². The second kappa shape index (κ2) is 5.48. The molecule has 4 nitrogen and oxygen atoms in total. The zero-order valence-corrected chi connectivity index (χ0v) is 11.9. The van der Waals surface area contributed by atoms with Crippen molar-refractivity contribution in [1.82, 2.24) is 15.0 Å². The van der Waals surface area contributed by atoms with Crippen molar-refractivity contribution < 1.29 is 0 Å². The van der Waals surface area contributed by atoms with Gasteiger partial charge in [-0.1, -0.05) is 24.3 Å². The largest absolute Gasteiger partial charge is 0.326 e. The summed E-state index contributed by atoms with van der Waals surface area (Å²) < 4.78 is 0. The third kappa shape index (κ3) is 2.59. The van der Waals surface area contributed by atoms with E-state index in [0.717, 1.165) is 27.4 Å². The SMILES string of the molecule is Cc1cnc(-c2nc(-c3ccc(CN)cc3)cs2)nc1. The van der Waals surface area contributed by atoms with Gasteiger partial charge in [0, 0.05) is 29.9 Å². The molecular weight excluding hydrogens is 268 g/mol. The summed E-state index contributed by atoms with van der Waals surface area (Å²) in [5.74, 6) is 0.672. The van der Waals surface area contributed by atoms with Crippen molar-refractivity contribution in [2.75, 3.05) is 0 Å². The molecule has 0 fully saturated rings. The van der Waals surface area contributed by atoms with E-state index in [9.17, 15) is 0 Å². The van der Waals surface area contributed by atoms with E-state index in [1.165, 1.54) is 0 Å². The maximum atomic E-state index is 5.60. The summed E-state index contributed by atoms with van der Waals surface area (Å²) in [5.41, 5.74) is 9.78. The minimum Gasteiger partial charge on any atom is -0.326 e. The minimum atomic E-state index is 0.555. The molecule has 3 rings (SSSR count). The van der Waals surface area contributed by atoms with E-state index < -0.39 is 0 Å². The summed E-state index contributed by atoms with van der Waals surface area (Å²) >= 11 is 1.55. The van der Waals surface area contributed by atoms with E-state index in [1.54, 1.807) is 23.7 Å². The van der Waals surface area contributed by atoms with E-state index in [0.29, 0.717) is 12.4 Å². The average molecular weight is 282 g/mol. The lowest BCUT2D eigenvalue weighted by Gasteiger charge is -1.99. The Balaban J connectivity index is 1.91. The number of aromatic nitrogens is 3. The van der Waals surface area contributed by atoms with E-state index in [1.807, 2.05) is 36.6 Å². The fourth-order valence-electron chi connectivity index (χ4n) is 1.82. The quantitative estimate of drug-likeness (QED) is 0.802. The first-order valence-corrected chi connectivity index (χ1v) is 7.18. The number of aryl methyl sites for hydroxylation is 1. The highest BCUT2D eigenvalue weighted by molar-refractivity contribution is 7.13. The smallest absolute Gasteiger partial charge is 0.188 e. The molecule has 20 heavy (non-hydrogen) atoms. The van der Waals surface area contributed by atoms with Gasteiger partial charge in [0.05, 0.1) is 5.69 Å². The normalized spacial score (nSPS) is 10.7. The highest BCUT2D eigenvalue weighted by Crippen LogP contribution is 2.26. The highest BCUT2D eigenvalue weighted by Gasteiger charge is 2.08. The molecule has 0 unspecified atom stereocenters. The van der Waals surface area contributed by atoms with Gasteiger partial charge in [0.15, 0.2) is 10.8 Å². The van der Waals surface area contributed by atoms with Crippen LogP contribution in [0.15, 0.2) is 42.0 Å². The minimum absolute atomic E-state index is 0.555. The zero-order chi connectivity index (χ0) is 13.9. The lowest BCUT2D eigenvalue weighted by molar-refractivity contribution is 1.07. The summed E-state index contributed by atoms with van der Waals surface area (Å²) in [6.45, 7) is 2.52. The van der Waals surface area contributed by atoms with Gasteiger partial charge < -0.3 is 5.73 Å². The summed E-state index contributed by atoms with van der Waals surface area (Å²) in [4.78, 5) is 13.2. The summed E-state index contributed by atoms with van der Waals surface area (Å²) in [6.07, 6.45) is 3.61. The number of hydrogen-bond donors (Lipinski definition) is 1. The Hall–Kier alpha value is -2.11. The van der Waals surface area contributed by atoms with Crippen LogP contribution >= 0.6 is 11.3 Å². The summed E-state index contributed by atoms with van der Waals surface area (Å²) in [5, 5.41) is 2.86. The topological polar surface area (TPSA) is 64.7 Å². The Morgan fingerprint density at radius 2 is 1.80 bits per heavy atom. The van der Waals surface area contributed by atoms with Crippen molar-refractivity contribution in [3.8, 4) is 22.1 Å². The van der Waals surface area contributed by atoms with E-state index in [2.05, 4.69) is 15.0 Å². The molecule has 0 aliphatic carbocycles. The van der Waals surface area contributed by atoms with Crippen LogP contribution in [0.25, 0.3) is 22.1 Å². The third-order valence-corrected chi connectivity index (χ3v) is 3.80. The molecule has 0 radical (unpaired) electrons. The predicted octanol–water partition coefficient (Wildman–Crippen LogP) is 3.03. The first-order valence-electron chi connectivity index (χ1n) is 6.30. The second-order valence-electron chi connectivity index (χ2n) is 4.52. The van der Waals surface area contributed by atoms with Crippen LogP contribution in [0.2, 0.25) is 0 Å². The Bertz CT molecular complexity index is 701. The maximum absolute atomic E-state index is 5.60. The van der Waals surface area contributed by atoms with Gasteiger partial charge >= 0.3 is 0 Å². The van der Waals surface area contributed by atoms with Crippen molar-refractivity contribution in [2.45, 2.75) is 13.5 Å². The first kappa shape index (κ1) is 12.9. The Labute approximate surface area is 121 Å². The molecule has 2 N–H and O–H groups in total. The number of thiazole rings is 1. The van der Waals surface area contributed by atoms with E-state index in [-0.39, 0.29) is 0 Å². The van der Waals surface area contributed by atoms with Gasteiger partial charge in [0.1, 0.15) is 0 Å². The molecule has 0 aliphatic heterocycles. The van der Waals surface area contributed by atoms with Gasteiger partial charge in [0.2, 0.25) is 0 Å². The molecule has 100 valence electrons. The third-order valence-electron chi connectivity index (χ3n) is 2.96. The van der Waals surface area contributed by atoms with Gasteiger partial charge in [0.25, 0.3) is 0 Å². The van der Waals surface area contributed by atoms with Crippen LogP contribution in [0.3, 0.4) is 0 Å². The lowest BCUT2D eigenvalue weighted by Crippen LogP contribution is -1.95. The number of benzene rings is 1. The molecule has 3 aromatic rings. The molecule has 2 heterocycles. The van der Waals surface area contributed by atoms with Crippen LogP contribution in [0.4, 0.5) is 0 Å². The summed E-state index contributed by atoms with van der Waals surface area (Å²) in [6, 6.07) is 8.13. The van der Waals surface area contributed by atoms with Gasteiger partial charge in [-0.15, -0.1) is 11.3 Å². The van der Waals surface area contributed by atoms with Gasteiger partial charge in [-0.25, -0.2) is 15.0 Å². The number of nitrogens with two attached hydrogens (primary N) is 1. The molecule has 0 saturated heterocycles. The van der Waals surface area contributed by atoms with Crippen molar-refractivity contribution in [3.63, 3.8) is 0 Å². The summed E-state index contributed by atoms with van der Waals surface area (Å²) in [7, 11) is 0. The first-order chi connectivity index (χ1) is 9.76. The van der Waals surface area contributed by atoms with Gasteiger partial charge in [-0.05, 0) is 18.1 Å². The Morgan fingerprint density at radius 1 is 1.10 bits per heavy atom. The van der Waals surface area contributed by atoms with Gasteiger partial charge in [-0.2, -0.15) is 0 Å². The van der Waals surface area contributed by atoms with Gasteiger partial charge in [-0.3, -0.25) is 0 Å². The van der Waals surface area contributed by atoms with Crippen LogP contribution in [-0.2, 0) is 6.54 Å². The molecule has 0 amide bonds. The lowest BCUT2D eigenvalue weighted by atomic mass is 10.1. The van der Waals surface area contributed by atoms with Crippen LogP contribution in [-0.4, -0.2) is 15.0 Å². The molecule has 0 atom stereocenters. The van der Waals surface area contributed by atoms with E-state index in [4.69, 9.17) is 5.73 Å². The van der Waals surface area contributed by atoms with Crippen LogP contribution in [0.1, 0.15) is 11.1 Å². The number of rotatable bonds is 3. The molecule has 2 aromatic heterocycles. The highest BCUT2D eigenvalue weighted by atomic mass is 32.1. The molecule has 1 aromatic carbocycles.